The van der Waals surface area contributed by atoms with Crippen LogP contribution in [-0.2, 0) is 103 Å². The van der Waals surface area contributed by atoms with Gasteiger partial charge in [0.1, 0.15) is 37.9 Å². The normalized spacial score (nSPS) is 11.7. The topological polar surface area (TPSA) is 286 Å². The van der Waals surface area contributed by atoms with E-state index in [-0.39, 0.29) is 69.2 Å². The second-order valence-corrected chi connectivity index (χ2v) is 17.6. The van der Waals surface area contributed by atoms with Crippen molar-refractivity contribution in [2.45, 2.75) is 39.3 Å². The van der Waals surface area contributed by atoms with Crippen molar-refractivity contribution in [3.63, 3.8) is 0 Å². The predicted octanol–water partition coefficient (Wildman–Crippen LogP) is -0.0528. The molecule has 68 heavy (non-hydrogen) atoms. The lowest BCUT2D eigenvalue weighted by atomic mass is 10.3. The minimum Gasteiger partial charge on any atom is -0.492 e. The number of carbonyl (C=O) groups excluding carboxylic acids is 2. The number of methoxy groups -OCH3 is 4. The molecule has 26 heteroatoms. The average molecular weight is 1020 g/mol. The van der Waals surface area contributed by atoms with Crippen LogP contribution in [0.3, 0.4) is 0 Å². The first kappa shape index (κ1) is 62.3. The van der Waals surface area contributed by atoms with E-state index in [0.29, 0.717) is 135 Å². The zero-order valence-electron chi connectivity index (χ0n) is 40.1. The van der Waals surface area contributed by atoms with Crippen LogP contribution in [0.4, 0.5) is 0 Å². The minimum absolute atomic E-state index is 0.186. The third kappa shape index (κ3) is 34.5. The molecule has 0 aliphatic heterocycles. The Morgan fingerprint density at radius 3 is 1.15 bits per heavy atom. The minimum atomic E-state index is -3.72. The fourth-order valence-corrected chi connectivity index (χ4v) is 5.99. The second-order valence-electron chi connectivity index (χ2n) is 14.3. The molecule has 0 fully saturated rings. The number of ether oxygens (including phenoxy) is 10. The summed E-state index contributed by atoms with van der Waals surface area (Å²) in [6.45, 7) is 7.27. The summed E-state index contributed by atoms with van der Waals surface area (Å²) < 4.78 is 108. The predicted molar refractivity (Wildman–Crippen MR) is 244 cm³/mol. The lowest BCUT2D eigenvalue weighted by Gasteiger charge is -2.22. The Bertz CT molecular complexity index is 1800. The maximum Gasteiger partial charge on any atom is 0.306 e. The van der Waals surface area contributed by atoms with Gasteiger partial charge in [0, 0.05) is 77.8 Å². The molecule has 0 aliphatic rings. The SMILES string of the molecule is COCCOCCOCCN(CCOc1cc(CO)nc(CO)c1)CCC(=O)OC.COCCOCCOCCN(CCOc1cc(COS(C)(=O)=O)nc(COS(C)(=O)=O)c1)CCC(=O)OC. The quantitative estimate of drug-likeness (QED) is 0.0503. The largest absolute Gasteiger partial charge is 0.492 e. The van der Waals surface area contributed by atoms with Gasteiger partial charge in [-0.05, 0) is 0 Å². The van der Waals surface area contributed by atoms with Gasteiger partial charge in [-0.3, -0.25) is 37.7 Å². The highest BCUT2D eigenvalue weighted by Crippen LogP contribution is 2.18. The number of hydrogen-bond acceptors (Lipinski definition) is 24. The van der Waals surface area contributed by atoms with Crippen molar-refractivity contribution in [3.8, 4) is 11.5 Å². The standard InChI is InChI=1S/C22H38N2O12S2.C20H34N2O8/c1-30-11-12-33-14-13-32-9-7-24(6-5-22(25)31-2)8-10-34-21-15-19(17-35-37(3,26)27)23-20(16-21)18-36-38(4,28)29;1-26-9-10-29-12-11-28-7-5-22(4-3-20(25)27-2)6-8-30-19-13-17(15-23)21-18(14-19)16-24/h15-16H,5-14,17-18H2,1-4H3;13-14,23-24H,3-12,15-16H2,1-2H3. The van der Waals surface area contributed by atoms with Crippen molar-refractivity contribution >= 4 is 32.2 Å². The Kier molecular flexibility index (Phi) is 34.9. The molecule has 2 rings (SSSR count). The van der Waals surface area contributed by atoms with E-state index < -0.39 is 20.2 Å². The molecule has 0 saturated carbocycles. The van der Waals surface area contributed by atoms with Gasteiger partial charge in [0.25, 0.3) is 20.2 Å². The van der Waals surface area contributed by atoms with Crippen LogP contribution < -0.4 is 9.47 Å². The molecule has 392 valence electrons. The van der Waals surface area contributed by atoms with E-state index in [1.54, 1.807) is 26.4 Å². The number of aliphatic hydroxyl groups is 2. The summed E-state index contributed by atoms with van der Waals surface area (Å²) in [5, 5.41) is 18.5. The zero-order valence-corrected chi connectivity index (χ0v) is 41.8. The highest BCUT2D eigenvalue weighted by Gasteiger charge is 2.14. The number of aliphatic hydroxyl groups excluding tert-OH is 2. The molecule has 0 amide bonds. The lowest BCUT2D eigenvalue weighted by molar-refractivity contribution is -0.141. The molecule has 0 aliphatic carbocycles. The van der Waals surface area contributed by atoms with Crippen molar-refractivity contribution in [1.82, 2.24) is 19.8 Å². The second kappa shape index (κ2) is 38.1. The molecule has 0 spiro atoms. The maximum absolute atomic E-state index is 11.6. The van der Waals surface area contributed by atoms with Gasteiger partial charge in [-0.1, -0.05) is 0 Å². The Hall–Kier alpha value is -3.74. The first-order valence-electron chi connectivity index (χ1n) is 21.6. The Morgan fingerprint density at radius 2 is 0.809 bits per heavy atom. The van der Waals surface area contributed by atoms with E-state index in [1.807, 2.05) is 9.80 Å². The van der Waals surface area contributed by atoms with E-state index in [2.05, 4.69) is 9.97 Å². The third-order valence-electron chi connectivity index (χ3n) is 8.76. The molecule has 0 atom stereocenters. The maximum atomic E-state index is 11.6. The van der Waals surface area contributed by atoms with Crippen molar-refractivity contribution < 1.29 is 92.4 Å². The number of aromatic nitrogens is 2. The van der Waals surface area contributed by atoms with Crippen molar-refractivity contribution in [3.05, 3.63) is 47.0 Å². The fourth-order valence-electron chi connectivity index (χ4n) is 5.32. The summed E-state index contributed by atoms with van der Waals surface area (Å²) in [6.07, 6.45) is 2.27. The first-order chi connectivity index (χ1) is 32.5. The van der Waals surface area contributed by atoms with Crippen LogP contribution >= 0.6 is 0 Å². The van der Waals surface area contributed by atoms with Gasteiger partial charge in [0.2, 0.25) is 0 Å². The molecule has 2 heterocycles. The number of carbonyl (C=O) groups is 2. The van der Waals surface area contributed by atoms with Crippen molar-refractivity contribution in [1.29, 1.82) is 0 Å². The molecule has 24 nitrogen and oxygen atoms in total. The van der Waals surface area contributed by atoms with E-state index in [9.17, 15) is 36.6 Å². The zero-order chi connectivity index (χ0) is 50.5. The fraction of sp³-hybridized carbons (Fsp3) is 0.714. The van der Waals surface area contributed by atoms with Gasteiger partial charge in [-0.2, -0.15) is 16.8 Å². The van der Waals surface area contributed by atoms with Crippen LogP contribution in [0.2, 0.25) is 0 Å². The van der Waals surface area contributed by atoms with E-state index >= 15 is 0 Å². The van der Waals surface area contributed by atoms with E-state index in [1.165, 1.54) is 26.4 Å². The van der Waals surface area contributed by atoms with Crippen molar-refractivity contribution in [2.75, 3.05) is 160 Å². The number of nitrogens with zero attached hydrogens (tertiary/aromatic N) is 4. The molecular weight excluding hydrogens is 945 g/mol. The number of pyridine rings is 2. The number of hydrogen-bond donors (Lipinski definition) is 2. The Morgan fingerprint density at radius 1 is 0.485 bits per heavy atom. The monoisotopic (exact) mass is 1020 g/mol. The van der Waals surface area contributed by atoms with Gasteiger partial charge in [-0.25, -0.2) is 0 Å². The summed E-state index contributed by atoms with van der Waals surface area (Å²) in [4.78, 5) is 35.3. The summed E-state index contributed by atoms with van der Waals surface area (Å²) in [6, 6.07) is 6.23. The van der Waals surface area contributed by atoms with Crippen molar-refractivity contribution in [2.24, 2.45) is 0 Å². The van der Waals surface area contributed by atoms with E-state index in [4.69, 9.17) is 55.7 Å². The van der Waals surface area contributed by atoms with Crippen LogP contribution in [0.15, 0.2) is 24.3 Å². The molecule has 2 aromatic rings. The van der Waals surface area contributed by atoms with Gasteiger partial charge < -0.3 is 57.6 Å². The lowest BCUT2D eigenvalue weighted by Crippen LogP contribution is -2.34. The smallest absolute Gasteiger partial charge is 0.306 e. The third-order valence-corrected chi connectivity index (χ3v) is 9.85. The summed E-state index contributed by atoms with van der Waals surface area (Å²) >= 11 is 0. The van der Waals surface area contributed by atoms with Crippen LogP contribution in [0, 0.1) is 0 Å². The average Bonchev–Trinajstić information content (AvgIpc) is 3.31. The highest BCUT2D eigenvalue weighted by molar-refractivity contribution is 7.86. The molecule has 2 N–H and O–H groups in total. The Balaban J connectivity index is 0.000000699. The molecule has 0 aromatic carbocycles. The highest BCUT2D eigenvalue weighted by atomic mass is 32.2. The molecule has 0 unspecified atom stereocenters. The van der Waals surface area contributed by atoms with E-state index in [0.717, 1.165) is 12.5 Å². The number of rotatable bonds is 40. The molecule has 2 aromatic heterocycles. The summed E-state index contributed by atoms with van der Waals surface area (Å²) in [5.41, 5.74) is 1.29. The van der Waals surface area contributed by atoms with Gasteiger partial charge >= 0.3 is 11.9 Å². The molecular formula is C42H72N4O20S2. The molecule has 0 bridgehead atoms. The van der Waals surface area contributed by atoms with Gasteiger partial charge in [0.05, 0.1) is 142 Å². The summed E-state index contributed by atoms with van der Waals surface area (Å²) in [7, 11) is -1.54. The van der Waals surface area contributed by atoms with Crippen LogP contribution in [0.25, 0.3) is 0 Å². The van der Waals surface area contributed by atoms with Crippen LogP contribution in [-0.4, -0.2) is 218 Å². The van der Waals surface area contributed by atoms with Gasteiger partial charge in [0.15, 0.2) is 0 Å². The number of esters is 2. The molecule has 0 saturated heterocycles. The van der Waals surface area contributed by atoms with Crippen LogP contribution in [0.5, 0.6) is 11.5 Å². The summed E-state index contributed by atoms with van der Waals surface area (Å²) in [5.74, 6) is 0.221. The van der Waals surface area contributed by atoms with Gasteiger partial charge in [-0.15, -0.1) is 0 Å². The van der Waals surface area contributed by atoms with Crippen LogP contribution in [0.1, 0.15) is 35.6 Å². The Labute approximate surface area is 400 Å². The first-order valence-corrected chi connectivity index (χ1v) is 25.2. The molecule has 0 radical (unpaired) electrons.